The summed E-state index contributed by atoms with van der Waals surface area (Å²) in [5.41, 5.74) is 4.10. The summed E-state index contributed by atoms with van der Waals surface area (Å²) in [6.07, 6.45) is 2.64. The first-order valence-electron chi connectivity index (χ1n) is 7.83. The summed E-state index contributed by atoms with van der Waals surface area (Å²) in [6, 6.07) is 17.9. The average molecular weight is 308 g/mol. The maximum Gasteiger partial charge on any atom is 0.248 e. The molecule has 0 saturated carbocycles. The summed E-state index contributed by atoms with van der Waals surface area (Å²) in [7, 11) is 4.13. The molecule has 1 amide bonds. The lowest BCUT2D eigenvalue weighted by molar-refractivity contribution is -0.111. The van der Waals surface area contributed by atoms with Gasteiger partial charge in [-0.1, -0.05) is 42.5 Å². The fraction of sp³-hybridized carbons (Fsp3) is 0.250. The van der Waals surface area contributed by atoms with E-state index in [0.717, 1.165) is 29.8 Å². The molecular formula is C20H24N2O. The number of allylic oxidation sites excluding steroid dienone is 1. The summed E-state index contributed by atoms with van der Waals surface area (Å²) >= 11 is 0. The van der Waals surface area contributed by atoms with Gasteiger partial charge < -0.3 is 10.2 Å². The quantitative estimate of drug-likeness (QED) is 0.823. The van der Waals surface area contributed by atoms with Crippen LogP contribution in [0.3, 0.4) is 0 Å². The van der Waals surface area contributed by atoms with Crippen LogP contribution in [-0.2, 0) is 11.2 Å². The molecule has 0 aliphatic carbocycles. The van der Waals surface area contributed by atoms with Gasteiger partial charge in [0.1, 0.15) is 0 Å². The van der Waals surface area contributed by atoms with Gasteiger partial charge in [-0.3, -0.25) is 4.79 Å². The van der Waals surface area contributed by atoms with Crippen molar-refractivity contribution in [3.05, 3.63) is 71.8 Å². The van der Waals surface area contributed by atoms with Gasteiger partial charge in [-0.15, -0.1) is 0 Å². The molecule has 0 spiro atoms. The molecule has 3 heteroatoms. The van der Waals surface area contributed by atoms with Crippen molar-refractivity contribution in [3.8, 4) is 0 Å². The monoisotopic (exact) mass is 308 g/mol. The Morgan fingerprint density at radius 2 is 1.70 bits per heavy atom. The topological polar surface area (TPSA) is 32.3 Å². The van der Waals surface area contributed by atoms with Crippen LogP contribution in [0.1, 0.15) is 18.1 Å². The van der Waals surface area contributed by atoms with Crippen molar-refractivity contribution < 1.29 is 4.79 Å². The number of carbonyl (C=O) groups is 1. The molecule has 0 radical (unpaired) electrons. The number of anilines is 1. The van der Waals surface area contributed by atoms with E-state index in [9.17, 15) is 4.79 Å². The van der Waals surface area contributed by atoms with Gasteiger partial charge in [0.25, 0.3) is 0 Å². The number of rotatable bonds is 6. The molecule has 120 valence electrons. The van der Waals surface area contributed by atoms with Crippen LogP contribution in [0.25, 0.3) is 5.57 Å². The van der Waals surface area contributed by atoms with Gasteiger partial charge in [-0.05, 0) is 56.3 Å². The number of nitrogens with one attached hydrogen (secondary N) is 1. The molecule has 0 aliphatic rings. The van der Waals surface area contributed by atoms with Crippen LogP contribution in [0.15, 0.2) is 60.7 Å². The van der Waals surface area contributed by atoms with Crippen LogP contribution in [0.2, 0.25) is 0 Å². The van der Waals surface area contributed by atoms with Crippen molar-refractivity contribution in [2.45, 2.75) is 13.3 Å². The minimum atomic E-state index is -0.104. The molecule has 0 atom stereocenters. The molecule has 2 aromatic rings. The molecule has 23 heavy (non-hydrogen) atoms. The highest BCUT2D eigenvalue weighted by Crippen LogP contribution is 2.14. The molecule has 2 aromatic carbocycles. The van der Waals surface area contributed by atoms with Crippen LogP contribution in [0, 0.1) is 0 Å². The number of likely N-dealkylation sites (N-methyl/N-ethyl adjacent to an activating group) is 1. The highest BCUT2D eigenvalue weighted by molar-refractivity contribution is 6.03. The largest absolute Gasteiger partial charge is 0.323 e. The summed E-state index contributed by atoms with van der Waals surface area (Å²) in [5.74, 6) is -0.104. The SMILES string of the molecule is C/C(=C\C(=O)Nc1ccc(CCN(C)C)cc1)c1ccccc1. The first-order valence-corrected chi connectivity index (χ1v) is 7.83. The second kappa shape index (κ2) is 8.30. The Morgan fingerprint density at radius 1 is 1.04 bits per heavy atom. The van der Waals surface area contributed by atoms with Gasteiger partial charge >= 0.3 is 0 Å². The predicted octanol–water partition coefficient (Wildman–Crippen LogP) is 3.83. The Hall–Kier alpha value is -2.39. The first-order chi connectivity index (χ1) is 11.0. The van der Waals surface area contributed by atoms with Crippen LogP contribution < -0.4 is 5.32 Å². The minimum Gasteiger partial charge on any atom is -0.323 e. The molecule has 0 saturated heterocycles. The van der Waals surface area contributed by atoms with Gasteiger partial charge in [0.05, 0.1) is 0 Å². The van der Waals surface area contributed by atoms with Crippen molar-refractivity contribution >= 4 is 17.2 Å². The van der Waals surface area contributed by atoms with E-state index in [1.807, 2.05) is 49.4 Å². The smallest absolute Gasteiger partial charge is 0.248 e. The lowest BCUT2D eigenvalue weighted by atomic mass is 10.1. The van der Waals surface area contributed by atoms with E-state index in [4.69, 9.17) is 0 Å². The summed E-state index contributed by atoms with van der Waals surface area (Å²) in [5, 5.41) is 2.91. The fourth-order valence-corrected chi connectivity index (χ4v) is 2.27. The number of hydrogen-bond donors (Lipinski definition) is 1. The van der Waals surface area contributed by atoms with Gasteiger partial charge in [0.15, 0.2) is 0 Å². The third-order valence-electron chi connectivity index (χ3n) is 3.65. The molecule has 0 heterocycles. The van der Waals surface area contributed by atoms with E-state index < -0.39 is 0 Å². The third kappa shape index (κ3) is 5.72. The number of carbonyl (C=O) groups excluding carboxylic acids is 1. The Morgan fingerprint density at radius 3 is 2.30 bits per heavy atom. The average Bonchev–Trinajstić information content (AvgIpc) is 2.55. The van der Waals surface area contributed by atoms with Crippen molar-refractivity contribution in [2.75, 3.05) is 26.0 Å². The maximum absolute atomic E-state index is 12.1. The van der Waals surface area contributed by atoms with E-state index >= 15 is 0 Å². The molecule has 0 unspecified atom stereocenters. The second-order valence-corrected chi connectivity index (χ2v) is 5.93. The summed E-state index contributed by atoms with van der Waals surface area (Å²) < 4.78 is 0. The van der Waals surface area contributed by atoms with Crippen molar-refractivity contribution in [1.82, 2.24) is 4.90 Å². The van der Waals surface area contributed by atoms with E-state index in [-0.39, 0.29) is 5.91 Å². The molecule has 0 aromatic heterocycles. The number of nitrogens with zero attached hydrogens (tertiary/aromatic N) is 1. The molecule has 3 nitrogen and oxygen atoms in total. The van der Waals surface area contributed by atoms with E-state index in [0.29, 0.717) is 0 Å². The second-order valence-electron chi connectivity index (χ2n) is 5.93. The predicted molar refractivity (Wildman–Crippen MR) is 97.4 cm³/mol. The number of benzene rings is 2. The van der Waals surface area contributed by atoms with Crippen LogP contribution in [-0.4, -0.2) is 31.4 Å². The summed E-state index contributed by atoms with van der Waals surface area (Å²) in [6.45, 7) is 2.96. The molecule has 0 fully saturated rings. The normalized spacial score (nSPS) is 11.6. The zero-order valence-electron chi connectivity index (χ0n) is 14.0. The van der Waals surface area contributed by atoms with Gasteiger partial charge in [-0.25, -0.2) is 0 Å². The van der Waals surface area contributed by atoms with E-state index in [1.54, 1.807) is 6.08 Å². The Balaban J connectivity index is 1.95. The Labute approximate surface area is 138 Å². The first kappa shape index (κ1) is 17.0. The Bertz CT molecular complexity index is 658. The highest BCUT2D eigenvalue weighted by Gasteiger charge is 2.02. The summed E-state index contributed by atoms with van der Waals surface area (Å²) in [4.78, 5) is 14.3. The van der Waals surface area contributed by atoms with Crippen LogP contribution >= 0.6 is 0 Å². The number of hydrogen-bond acceptors (Lipinski definition) is 2. The van der Waals surface area contributed by atoms with Crippen molar-refractivity contribution in [3.63, 3.8) is 0 Å². The van der Waals surface area contributed by atoms with Gasteiger partial charge in [0, 0.05) is 18.3 Å². The van der Waals surface area contributed by atoms with Crippen LogP contribution in [0.4, 0.5) is 5.69 Å². The van der Waals surface area contributed by atoms with Crippen molar-refractivity contribution in [2.24, 2.45) is 0 Å². The third-order valence-corrected chi connectivity index (χ3v) is 3.65. The van der Waals surface area contributed by atoms with Crippen LogP contribution in [0.5, 0.6) is 0 Å². The maximum atomic E-state index is 12.1. The minimum absolute atomic E-state index is 0.104. The van der Waals surface area contributed by atoms with Gasteiger partial charge in [-0.2, -0.15) is 0 Å². The highest BCUT2D eigenvalue weighted by atomic mass is 16.1. The van der Waals surface area contributed by atoms with Gasteiger partial charge in [0.2, 0.25) is 5.91 Å². The lowest BCUT2D eigenvalue weighted by Crippen LogP contribution is -2.15. The molecule has 2 rings (SSSR count). The fourth-order valence-electron chi connectivity index (χ4n) is 2.27. The van der Waals surface area contributed by atoms with E-state index in [1.165, 1.54) is 5.56 Å². The molecular weight excluding hydrogens is 284 g/mol. The van der Waals surface area contributed by atoms with Crippen molar-refractivity contribution in [1.29, 1.82) is 0 Å². The Kier molecular flexibility index (Phi) is 6.12. The number of amides is 1. The standard InChI is InChI=1S/C20H24N2O/c1-16(18-7-5-4-6-8-18)15-20(23)21-19-11-9-17(10-12-19)13-14-22(2)3/h4-12,15H,13-14H2,1-3H3,(H,21,23)/b16-15+. The lowest BCUT2D eigenvalue weighted by Gasteiger charge is -2.10. The molecule has 0 bridgehead atoms. The molecule has 0 aliphatic heterocycles. The zero-order valence-corrected chi connectivity index (χ0v) is 14.0. The van der Waals surface area contributed by atoms with E-state index in [2.05, 4.69) is 36.4 Å². The molecule has 1 N–H and O–H groups in total. The zero-order chi connectivity index (χ0) is 16.7.